The fourth-order valence-electron chi connectivity index (χ4n) is 1.01. The second-order valence-corrected chi connectivity index (χ2v) is 3.66. The van der Waals surface area contributed by atoms with Crippen LogP contribution in [0.4, 0.5) is 0 Å². The van der Waals surface area contributed by atoms with Gasteiger partial charge in [0.25, 0.3) is 0 Å². The number of halogens is 1. The number of aryl methyl sites for hydroxylation is 2. The van der Waals surface area contributed by atoms with E-state index in [1.807, 2.05) is 19.9 Å². The van der Waals surface area contributed by atoms with Gasteiger partial charge in [0.1, 0.15) is 3.70 Å². The first-order valence-electron chi connectivity index (χ1n) is 3.53. The van der Waals surface area contributed by atoms with Crippen LogP contribution in [0, 0.1) is 17.5 Å². The molecule has 0 amide bonds. The van der Waals surface area contributed by atoms with Gasteiger partial charge in [-0.1, -0.05) is 0 Å². The van der Waals surface area contributed by atoms with Crippen LogP contribution >= 0.6 is 22.6 Å². The van der Waals surface area contributed by atoms with Crippen molar-refractivity contribution in [1.29, 1.82) is 0 Å². The molecule has 0 spiro atoms. The summed E-state index contributed by atoms with van der Waals surface area (Å²) < 4.78 is 2.73. The standard InChI is InChI=1S/C7H7IN4/c1-4-3-6-10-9-5(2)12(6)11-7(4)8/h3H,1-2H3. The highest BCUT2D eigenvalue weighted by Gasteiger charge is 2.04. The Morgan fingerprint density at radius 3 is 2.83 bits per heavy atom. The van der Waals surface area contributed by atoms with Crippen LogP contribution in [0.3, 0.4) is 0 Å². The Morgan fingerprint density at radius 2 is 2.08 bits per heavy atom. The van der Waals surface area contributed by atoms with E-state index in [9.17, 15) is 0 Å². The Hall–Kier alpha value is -0.720. The molecule has 0 radical (unpaired) electrons. The highest BCUT2D eigenvalue weighted by atomic mass is 127. The number of aromatic nitrogens is 4. The lowest BCUT2D eigenvalue weighted by atomic mass is 10.3. The van der Waals surface area contributed by atoms with Gasteiger partial charge in [-0.25, -0.2) is 0 Å². The first-order valence-corrected chi connectivity index (χ1v) is 4.61. The molecule has 2 aromatic rings. The number of fused-ring (bicyclic) bond motifs is 1. The lowest BCUT2D eigenvalue weighted by Gasteiger charge is -1.97. The van der Waals surface area contributed by atoms with E-state index in [0.29, 0.717) is 0 Å². The zero-order valence-electron chi connectivity index (χ0n) is 6.74. The zero-order chi connectivity index (χ0) is 8.72. The molecular formula is C7H7IN4. The lowest BCUT2D eigenvalue weighted by molar-refractivity contribution is 0.853. The number of nitrogens with zero attached hydrogens (tertiary/aromatic N) is 4. The van der Waals surface area contributed by atoms with Crippen molar-refractivity contribution in [1.82, 2.24) is 19.8 Å². The summed E-state index contributed by atoms with van der Waals surface area (Å²) >= 11 is 2.20. The molecule has 12 heavy (non-hydrogen) atoms. The summed E-state index contributed by atoms with van der Waals surface area (Å²) in [6, 6.07) is 1.98. The highest BCUT2D eigenvalue weighted by molar-refractivity contribution is 14.1. The van der Waals surface area contributed by atoms with Gasteiger partial charge in [-0.05, 0) is 48.1 Å². The van der Waals surface area contributed by atoms with Crippen LogP contribution in [0.25, 0.3) is 5.65 Å². The van der Waals surface area contributed by atoms with Crippen molar-refractivity contribution >= 4 is 28.2 Å². The minimum absolute atomic E-state index is 0.811. The van der Waals surface area contributed by atoms with Gasteiger partial charge < -0.3 is 0 Å². The third kappa shape index (κ3) is 1.08. The molecule has 4 nitrogen and oxygen atoms in total. The monoisotopic (exact) mass is 274 g/mol. The fraction of sp³-hybridized carbons (Fsp3) is 0.286. The second kappa shape index (κ2) is 2.65. The summed E-state index contributed by atoms with van der Waals surface area (Å²) in [5.41, 5.74) is 1.95. The first-order chi connectivity index (χ1) is 5.68. The van der Waals surface area contributed by atoms with Crippen molar-refractivity contribution in [2.24, 2.45) is 0 Å². The van der Waals surface area contributed by atoms with Crippen LogP contribution in [0.2, 0.25) is 0 Å². The van der Waals surface area contributed by atoms with Crippen LogP contribution in [0.5, 0.6) is 0 Å². The van der Waals surface area contributed by atoms with E-state index in [4.69, 9.17) is 0 Å². The maximum Gasteiger partial charge on any atom is 0.178 e. The highest BCUT2D eigenvalue weighted by Crippen LogP contribution is 2.10. The van der Waals surface area contributed by atoms with Crippen molar-refractivity contribution in [3.63, 3.8) is 0 Å². The zero-order valence-corrected chi connectivity index (χ0v) is 8.90. The Kier molecular flexibility index (Phi) is 1.75. The molecule has 0 fully saturated rings. The lowest BCUT2D eigenvalue weighted by Crippen LogP contribution is -1.98. The largest absolute Gasteiger partial charge is 0.197 e. The van der Waals surface area contributed by atoms with Gasteiger partial charge in [0.05, 0.1) is 0 Å². The quantitative estimate of drug-likeness (QED) is 0.681. The van der Waals surface area contributed by atoms with Gasteiger partial charge in [0.15, 0.2) is 11.5 Å². The maximum atomic E-state index is 4.31. The summed E-state index contributed by atoms with van der Waals surface area (Å²) in [6.07, 6.45) is 0. The number of rotatable bonds is 0. The summed E-state index contributed by atoms with van der Waals surface area (Å²) in [4.78, 5) is 0. The van der Waals surface area contributed by atoms with E-state index in [1.165, 1.54) is 0 Å². The summed E-state index contributed by atoms with van der Waals surface area (Å²) in [6.45, 7) is 3.90. The molecule has 2 aromatic heterocycles. The second-order valence-electron chi connectivity index (χ2n) is 2.64. The average Bonchev–Trinajstić information content (AvgIpc) is 2.35. The van der Waals surface area contributed by atoms with Gasteiger partial charge in [0.2, 0.25) is 0 Å². The van der Waals surface area contributed by atoms with E-state index in [-0.39, 0.29) is 0 Å². The van der Waals surface area contributed by atoms with Crippen LogP contribution < -0.4 is 0 Å². The molecule has 2 heterocycles. The Balaban J connectivity index is 2.87. The molecular weight excluding hydrogens is 267 g/mol. The molecule has 5 heteroatoms. The molecule has 62 valence electrons. The third-order valence-corrected chi connectivity index (χ3v) is 2.75. The van der Waals surface area contributed by atoms with E-state index in [0.717, 1.165) is 20.7 Å². The van der Waals surface area contributed by atoms with Crippen molar-refractivity contribution in [2.45, 2.75) is 13.8 Å². The van der Waals surface area contributed by atoms with E-state index < -0.39 is 0 Å². The molecule has 0 saturated carbocycles. The van der Waals surface area contributed by atoms with Crippen molar-refractivity contribution in [3.05, 3.63) is 21.2 Å². The smallest absolute Gasteiger partial charge is 0.178 e. The van der Waals surface area contributed by atoms with E-state index >= 15 is 0 Å². The Labute approximate surface area is 83.1 Å². The van der Waals surface area contributed by atoms with Gasteiger partial charge >= 0.3 is 0 Å². The molecule has 0 N–H and O–H groups in total. The SMILES string of the molecule is Cc1cc2nnc(C)n2nc1I. The predicted octanol–water partition coefficient (Wildman–Crippen LogP) is 1.35. The van der Waals surface area contributed by atoms with Crippen molar-refractivity contribution in [2.75, 3.05) is 0 Å². The van der Waals surface area contributed by atoms with Gasteiger partial charge in [-0.15, -0.1) is 10.2 Å². The van der Waals surface area contributed by atoms with E-state index in [1.54, 1.807) is 4.52 Å². The molecule has 2 rings (SSSR count). The molecule has 0 aliphatic carbocycles. The first kappa shape index (κ1) is 7.90. The van der Waals surface area contributed by atoms with Crippen LogP contribution in [-0.2, 0) is 0 Å². The van der Waals surface area contributed by atoms with Gasteiger partial charge in [0, 0.05) is 0 Å². The predicted molar refractivity (Wildman–Crippen MR) is 53.0 cm³/mol. The van der Waals surface area contributed by atoms with Crippen molar-refractivity contribution in [3.8, 4) is 0 Å². The minimum atomic E-state index is 0.811. The van der Waals surface area contributed by atoms with Crippen LogP contribution in [0.15, 0.2) is 6.07 Å². The number of hydrogen-bond acceptors (Lipinski definition) is 3. The van der Waals surface area contributed by atoms with Gasteiger partial charge in [-0.2, -0.15) is 9.61 Å². The number of hydrogen-bond donors (Lipinski definition) is 0. The maximum absolute atomic E-state index is 4.31. The normalized spacial score (nSPS) is 10.9. The van der Waals surface area contributed by atoms with E-state index in [2.05, 4.69) is 37.9 Å². The molecule has 0 aliphatic heterocycles. The third-order valence-electron chi connectivity index (χ3n) is 1.68. The summed E-state index contributed by atoms with van der Waals surface area (Å²) in [5, 5.41) is 12.2. The van der Waals surface area contributed by atoms with Gasteiger partial charge in [-0.3, -0.25) is 0 Å². The molecule has 0 aliphatic rings. The Bertz CT molecular complexity index is 434. The molecule has 0 atom stereocenters. The topological polar surface area (TPSA) is 43.1 Å². The van der Waals surface area contributed by atoms with Crippen molar-refractivity contribution < 1.29 is 0 Å². The average molecular weight is 274 g/mol. The molecule has 0 aromatic carbocycles. The minimum Gasteiger partial charge on any atom is -0.197 e. The molecule has 0 saturated heterocycles. The molecule has 0 unspecified atom stereocenters. The molecule has 0 bridgehead atoms. The summed E-state index contributed by atoms with van der Waals surface area (Å²) in [5.74, 6) is 0.822. The van der Waals surface area contributed by atoms with Crippen LogP contribution in [-0.4, -0.2) is 19.8 Å². The summed E-state index contributed by atoms with van der Waals surface area (Å²) in [7, 11) is 0. The fourth-order valence-corrected chi connectivity index (χ4v) is 1.38. The Morgan fingerprint density at radius 1 is 1.33 bits per heavy atom. The van der Waals surface area contributed by atoms with Crippen LogP contribution in [0.1, 0.15) is 11.4 Å².